The van der Waals surface area contributed by atoms with Crippen molar-refractivity contribution >= 4 is 23.0 Å². The third-order valence-corrected chi connectivity index (χ3v) is 3.28. The summed E-state index contributed by atoms with van der Waals surface area (Å²) in [6.07, 6.45) is 1.07. The fourth-order valence-corrected chi connectivity index (χ4v) is 2.32. The Morgan fingerprint density at radius 1 is 1.11 bits per heavy atom. The topological polar surface area (TPSA) is 29.3 Å². The van der Waals surface area contributed by atoms with E-state index in [1.54, 1.807) is 0 Å². The molecule has 0 bridgehead atoms. The number of anilines is 2. The molecule has 0 aliphatic rings. The van der Waals surface area contributed by atoms with Crippen LogP contribution in [0.4, 0.5) is 11.4 Å². The first-order chi connectivity index (χ1) is 9.20. The van der Waals surface area contributed by atoms with E-state index in [0.29, 0.717) is 0 Å². The minimum Gasteiger partial charge on any atom is -0.397 e. The van der Waals surface area contributed by atoms with Crippen molar-refractivity contribution in [3.05, 3.63) is 59.1 Å². The zero-order valence-electron chi connectivity index (χ0n) is 11.1. The van der Waals surface area contributed by atoms with Gasteiger partial charge in [-0.1, -0.05) is 48.9 Å². The molecule has 0 aliphatic heterocycles. The molecule has 0 heterocycles. The highest BCUT2D eigenvalue weighted by Gasteiger charge is 2.10. The van der Waals surface area contributed by atoms with E-state index in [1.807, 2.05) is 24.3 Å². The fraction of sp³-hybridized carbons (Fsp3) is 0.250. The second-order valence-corrected chi connectivity index (χ2v) is 5.05. The highest BCUT2D eigenvalue weighted by Crippen LogP contribution is 2.28. The van der Waals surface area contributed by atoms with E-state index < -0.39 is 0 Å². The molecule has 0 saturated carbocycles. The summed E-state index contributed by atoms with van der Waals surface area (Å²) in [5.74, 6) is 0. The van der Waals surface area contributed by atoms with E-state index in [2.05, 4.69) is 36.1 Å². The Kier molecular flexibility index (Phi) is 4.69. The SMILES string of the molecule is CCCN(Cc1ccccc1)c1cc(Cl)ccc1N. The predicted octanol–water partition coefficient (Wildman–Crippen LogP) is 4.34. The van der Waals surface area contributed by atoms with E-state index >= 15 is 0 Å². The van der Waals surface area contributed by atoms with Gasteiger partial charge in [-0.25, -0.2) is 0 Å². The summed E-state index contributed by atoms with van der Waals surface area (Å²) < 4.78 is 0. The predicted molar refractivity (Wildman–Crippen MR) is 83.6 cm³/mol. The lowest BCUT2D eigenvalue weighted by Gasteiger charge is -2.26. The molecule has 0 unspecified atom stereocenters. The molecule has 19 heavy (non-hydrogen) atoms. The van der Waals surface area contributed by atoms with E-state index in [1.165, 1.54) is 5.56 Å². The summed E-state index contributed by atoms with van der Waals surface area (Å²) in [7, 11) is 0. The largest absolute Gasteiger partial charge is 0.397 e. The van der Waals surface area contributed by atoms with Gasteiger partial charge in [-0.05, 0) is 30.2 Å². The summed E-state index contributed by atoms with van der Waals surface area (Å²) in [6.45, 7) is 3.97. The number of halogens is 1. The average molecular weight is 275 g/mol. The van der Waals surface area contributed by atoms with E-state index in [4.69, 9.17) is 17.3 Å². The lowest BCUT2D eigenvalue weighted by Crippen LogP contribution is -2.24. The van der Waals surface area contributed by atoms with Gasteiger partial charge in [0.25, 0.3) is 0 Å². The maximum atomic E-state index is 6.08. The van der Waals surface area contributed by atoms with Gasteiger partial charge in [0.2, 0.25) is 0 Å². The zero-order chi connectivity index (χ0) is 13.7. The second kappa shape index (κ2) is 6.48. The Morgan fingerprint density at radius 3 is 2.53 bits per heavy atom. The number of hydrogen-bond acceptors (Lipinski definition) is 2. The van der Waals surface area contributed by atoms with Crippen LogP contribution in [0.1, 0.15) is 18.9 Å². The Labute approximate surface area is 119 Å². The number of nitrogen functional groups attached to an aromatic ring is 1. The molecule has 2 aromatic carbocycles. The Hall–Kier alpha value is -1.67. The molecule has 0 amide bonds. The molecule has 2 aromatic rings. The molecule has 2 rings (SSSR count). The molecule has 0 aliphatic carbocycles. The molecule has 0 fully saturated rings. The minimum atomic E-state index is 0.721. The number of benzene rings is 2. The van der Waals surface area contributed by atoms with Crippen LogP contribution in [-0.4, -0.2) is 6.54 Å². The Bertz CT molecular complexity index is 526. The number of hydrogen-bond donors (Lipinski definition) is 1. The second-order valence-electron chi connectivity index (χ2n) is 4.61. The van der Waals surface area contributed by atoms with Gasteiger partial charge >= 0.3 is 0 Å². The van der Waals surface area contributed by atoms with Crippen LogP contribution in [0, 0.1) is 0 Å². The van der Waals surface area contributed by atoms with Crippen LogP contribution in [0.15, 0.2) is 48.5 Å². The lowest BCUT2D eigenvalue weighted by molar-refractivity contribution is 0.768. The first-order valence-electron chi connectivity index (χ1n) is 6.54. The summed E-state index contributed by atoms with van der Waals surface area (Å²) >= 11 is 6.08. The maximum absolute atomic E-state index is 6.08. The molecule has 2 nitrogen and oxygen atoms in total. The summed E-state index contributed by atoms with van der Waals surface area (Å²) in [4.78, 5) is 2.27. The molecule has 100 valence electrons. The van der Waals surface area contributed by atoms with Crippen molar-refractivity contribution in [3.8, 4) is 0 Å². The lowest BCUT2D eigenvalue weighted by atomic mass is 10.1. The molecule has 0 radical (unpaired) electrons. The van der Waals surface area contributed by atoms with Crippen LogP contribution in [0.2, 0.25) is 5.02 Å². The number of nitrogens with two attached hydrogens (primary N) is 1. The maximum Gasteiger partial charge on any atom is 0.0617 e. The van der Waals surface area contributed by atoms with E-state index in [-0.39, 0.29) is 0 Å². The first kappa shape index (κ1) is 13.8. The van der Waals surface area contributed by atoms with Crippen LogP contribution in [0.5, 0.6) is 0 Å². The third kappa shape index (κ3) is 3.65. The van der Waals surface area contributed by atoms with Gasteiger partial charge in [0.05, 0.1) is 11.4 Å². The van der Waals surface area contributed by atoms with Crippen LogP contribution >= 0.6 is 11.6 Å². The monoisotopic (exact) mass is 274 g/mol. The van der Waals surface area contributed by atoms with Crippen LogP contribution in [0.3, 0.4) is 0 Å². The van der Waals surface area contributed by atoms with E-state index in [9.17, 15) is 0 Å². The van der Waals surface area contributed by atoms with Crippen molar-refractivity contribution in [1.29, 1.82) is 0 Å². The minimum absolute atomic E-state index is 0.721. The molecule has 2 N–H and O–H groups in total. The van der Waals surface area contributed by atoms with Gasteiger partial charge in [0.1, 0.15) is 0 Å². The van der Waals surface area contributed by atoms with Crippen LogP contribution < -0.4 is 10.6 Å². The standard InChI is InChI=1S/C16H19ClN2/c1-2-10-19(12-13-6-4-3-5-7-13)16-11-14(17)8-9-15(16)18/h3-9,11H,2,10,12,18H2,1H3. The number of rotatable bonds is 5. The summed E-state index contributed by atoms with van der Waals surface area (Å²) in [5, 5.41) is 0.721. The molecular formula is C16H19ClN2. The van der Waals surface area contributed by atoms with Crippen molar-refractivity contribution in [3.63, 3.8) is 0 Å². The fourth-order valence-electron chi connectivity index (χ4n) is 2.15. The number of nitrogens with zero attached hydrogens (tertiary/aromatic N) is 1. The average Bonchev–Trinajstić information content (AvgIpc) is 2.42. The highest BCUT2D eigenvalue weighted by atomic mass is 35.5. The van der Waals surface area contributed by atoms with Crippen LogP contribution in [0.25, 0.3) is 0 Å². The van der Waals surface area contributed by atoms with E-state index in [0.717, 1.165) is 35.9 Å². The van der Waals surface area contributed by atoms with Gasteiger partial charge < -0.3 is 10.6 Å². The van der Waals surface area contributed by atoms with Crippen molar-refractivity contribution in [2.75, 3.05) is 17.2 Å². The van der Waals surface area contributed by atoms with Gasteiger partial charge in [-0.3, -0.25) is 0 Å². The Morgan fingerprint density at radius 2 is 1.84 bits per heavy atom. The quantitative estimate of drug-likeness (QED) is 0.822. The summed E-state index contributed by atoms with van der Waals surface area (Å²) in [6, 6.07) is 16.0. The first-order valence-corrected chi connectivity index (χ1v) is 6.92. The third-order valence-electron chi connectivity index (χ3n) is 3.04. The summed E-state index contributed by atoms with van der Waals surface area (Å²) in [5.41, 5.74) is 9.13. The molecular weight excluding hydrogens is 256 g/mol. The zero-order valence-corrected chi connectivity index (χ0v) is 11.9. The van der Waals surface area contributed by atoms with Gasteiger partial charge in [-0.15, -0.1) is 0 Å². The van der Waals surface area contributed by atoms with Gasteiger partial charge in [0, 0.05) is 18.1 Å². The smallest absolute Gasteiger partial charge is 0.0617 e. The van der Waals surface area contributed by atoms with Crippen molar-refractivity contribution in [2.45, 2.75) is 19.9 Å². The molecule has 3 heteroatoms. The highest BCUT2D eigenvalue weighted by molar-refractivity contribution is 6.31. The molecule has 0 saturated heterocycles. The van der Waals surface area contributed by atoms with Crippen molar-refractivity contribution in [2.24, 2.45) is 0 Å². The van der Waals surface area contributed by atoms with Gasteiger partial charge in [0.15, 0.2) is 0 Å². The van der Waals surface area contributed by atoms with Gasteiger partial charge in [-0.2, -0.15) is 0 Å². The van der Waals surface area contributed by atoms with Crippen LogP contribution in [-0.2, 0) is 6.54 Å². The normalized spacial score (nSPS) is 10.4. The Balaban J connectivity index is 2.27. The molecule has 0 spiro atoms. The van der Waals surface area contributed by atoms with Crippen molar-refractivity contribution < 1.29 is 0 Å². The molecule has 0 aromatic heterocycles. The molecule has 0 atom stereocenters. The van der Waals surface area contributed by atoms with Crippen molar-refractivity contribution in [1.82, 2.24) is 0 Å².